The number of hydrogen-bond donors (Lipinski definition) is 3. The van der Waals surface area contributed by atoms with Gasteiger partial charge in [0.05, 0.1) is 30.7 Å². The van der Waals surface area contributed by atoms with Crippen molar-refractivity contribution in [2.45, 2.75) is 50.6 Å². The standard InChI is InChI=1S/C34H43N7O3/c1-35-22-28(36-18-5-4-6-19-37-33(42)31-17-21-41(31)34(43)44-3)26-13-9-24(10-14-26)25-11-15-27(16-12-25)29-23-38-32(39-29)30-8-7-20-40(30)2/h9-16,22-23,30-31,36H,1,4-8,17-21H2,2-3H3,(H,37,42)(H,38,39)/b28-22-/t30-,31-/m0/s1. The van der Waals surface area contributed by atoms with Crippen LogP contribution in [0.25, 0.3) is 28.1 Å². The van der Waals surface area contributed by atoms with Gasteiger partial charge >= 0.3 is 6.09 Å². The predicted octanol–water partition coefficient (Wildman–Crippen LogP) is 5.23. The van der Waals surface area contributed by atoms with Crippen LogP contribution in [0.1, 0.15) is 56.0 Å². The number of hydrogen-bond acceptors (Lipinski definition) is 7. The molecule has 0 radical (unpaired) electrons. The van der Waals surface area contributed by atoms with Gasteiger partial charge in [0.15, 0.2) is 0 Å². The molecule has 2 atom stereocenters. The summed E-state index contributed by atoms with van der Waals surface area (Å²) in [5.41, 5.74) is 6.43. The molecule has 10 heteroatoms. The lowest BCUT2D eigenvalue weighted by Crippen LogP contribution is -2.58. The Morgan fingerprint density at radius 3 is 2.30 bits per heavy atom. The van der Waals surface area contributed by atoms with Gasteiger partial charge in [-0.15, -0.1) is 0 Å². The van der Waals surface area contributed by atoms with Crippen LogP contribution in [0.15, 0.2) is 65.9 Å². The molecule has 3 heterocycles. The Morgan fingerprint density at radius 1 is 1.00 bits per heavy atom. The molecule has 2 aliphatic rings. The van der Waals surface area contributed by atoms with Gasteiger partial charge in [-0.25, -0.2) is 9.78 Å². The number of carbonyl (C=O) groups excluding carboxylic acids is 2. The zero-order valence-corrected chi connectivity index (χ0v) is 25.7. The molecule has 2 saturated heterocycles. The fourth-order valence-corrected chi connectivity index (χ4v) is 5.88. The highest BCUT2D eigenvalue weighted by Crippen LogP contribution is 2.31. The summed E-state index contributed by atoms with van der Waals surface area (Å²) in [4.78, 5) is 39.9. The number of ether oxygens (including phenoxy) is 1. The molecule has 3 aromatic rings. The van der Waals surface area contributed by atoms with Crippen molar-refractivity contribution >= 4 is 24.4 Å². The molecular weight excluding hydrogens is 554 g/mol. The second-order valence-electron chi connectivity index (χ2n) is 11.4. The molecule has 0 bridgehead atoms. The first-order chi connectivity index (χ1) is 21.5. The second-order valence-corrected chi connectivity index (χ2v) is 11.4. The van der Waals surface area contributed by atoms with Gasteiger partial charge in [0.25, 0.3) is 0 Å². The summed E-state index contributed by atoms with van der Waals surface area (Å²) in [7, 11) is 3.49. The van der Waals surface area contributed by atoms with Gasteiger partial charge in [0.1, 0.15) is 11.9 Å². The first-order valence-electron chi connectivity index (χ1n) is 15.5. The van der Waals surface area contributed by atoms with Crippen molar-refractivity contribution in [1.82, 2.24) is 30.4 Å². The Kier molecular flexibility index (Phi) is 10.5. The van der Waals surface area contributed by atoms with E-state index >= 15 is 0 Å². The van der Waals surface area contributed by atoms with Gasteiger partial charge in [-0.2, -0.15) is 0 Å². The molecule has 2 amide bonds. The molecule has 44 heavy (non-hydrogen) atoms. The third-order valence-electron chi connectivity index (χ3n) is 8.58. The van der Waals surface area contributed by atoms with Crippen LogP contribution >= 0.6 is 0 Å². The smallest absolute Gasteiger partial charge is 0.410 e. The number of methoxy groups -OCH3 is 1. The fraction of sp³-hybridized carbons (Fsp3) is 0.412. The molecule has 10 nitrogen and oxygen atoms in total. The Bertz CT molecular complexity index is 1450. The van der Waals surface area contributed by atoms with E-state index in [9.17, 15) is 9.59 Å². The average molecular weight is 598 g/mol. The summed E-state index contributed by atoms with van der Waals surface area (Å²) in [6.45, 7) is 6.69. The fourth-order valence-electron chi connectivity index (χ4n) is 5.88. The number of aromatic nitrogens is 2. The highest BCUT2D eigenvalue weighted by Gasteiger charge is 2.38. The Labute approximate surface area is 259 Å². The SMILES string of the molecule is C=N/C=C(\NCCCCCNC(=O)[C@@H]1CCN1C(=O)OC)c1ccc(-c2ccc(-c3cnc([C@@H]4CCCN4C)[nH]3)cc2)cc1. The minimum atomic E-state index is -0.448. The summed E-state index contributed by atoms with van der Waals surface area (Å²) >= 11 is 0. The number of unbranched alkanes of at least 4 members (excludes halogenated alkanes) is 2. The van der Waals surface area contributed by atoms with Gasteiger partial charge in [0, 0.05) is 25.8 Å². The first-order valence-corrected chi connectivity index (χ1v) is 15.5. The Hall–Kier alpha value is -4.44. The summed E-state index contributed by atoms with van der Waals surface area (Å²) in [5, 5.41) is 6.41. The lowest BCUT2D eigenvalue weighted by atomic mass is 10.0. The van der Waals surface area contributed by atoms with Crippen LogP contribution in [0.5, 0.6) is 0 Å². The number of carbonyl (C=O) groups is 2. The molecule has 1 aromatic heterocycles. The third-order valence-corrected chi connectivity index (χ3v) is 8.58. The minimum absolute atomic E-state index is 0.111. The zero-order chi connectivity index (χ0) is 30.9. The molecule has 0 saturated carbocycles. The van der Waals surface area contributed by atoms with E-state index in [2.05, 4.69) is 92.8 Å². The van der Waals surface area contributed by atoms with E-state index < -0.39 is 12.1 Å². The van der Waals surface area contributed by atoms with Crippen LogP contribution in [0.4, 0.5) is 4.79 Å². The number of aliphatic imine (C=N–C) groups is 1. The van der Waals surface area contributed by atoms with E-state index in [1.165, 1.54) is 18.4 Å². The number of H-pyrrole nitrogens is 1. The lowest BCUT2D eigenvalue weighted by Gasteiger charge is -2.38. The number of amides is 2. The maximum Gasteiger partial charge on any atom is 0.410 e. The lowest BCUT2D eigenvalue weighted by molar-refractivity contribution is -0.129. The number of benzene rings is 2. The van der Waals surface area contributed by atoms with Crippen LogP contribution in [0, 0.1) is 0 Å². The maximum absolute atomic E-state index is 12.3. The molecule has 2 fully saturated rings. The van der Waals surface area contributed by atoms with Gasteiger partial charge in [-0.1, -0.05) is 48.5 Å². The van der Waals surface area contributed by atoms with Crippen LogP contribution < -0.4 is 10.6 Å². The van der Waals surface area contributed by atoms with Crippen molar-refractivity contribution < 1.29 is 14.3 Å². The molecule has 232 valence electrons. The van der Waals surface area contributed by atoms with E-state index in [1.807, 2.05) is 6.20 Å². The van der Waals surface area contributed by atoms with E-state index in [4.69, 9.17) is 4.74 Å². The highest BCUT2D eigenvalue weighted by atomic mass is 16.5. The Morgan fingerprint density at radius 2 is 1.68 bits per heavy atom. The number of imidazole rings is 1. The summed E-state index contributed by atoms with van der Waals surface area (Å²) in [6.07, 6.45) is 9.05. The summed E-state index contributed by atoms with van der Waals surface area (Å²) < 4.78 is 4.71. The third kappa shape index (κ3) is 7.37. The summed E-state index contributed by atoms with van der Waals surface area (Å²) in [6, 6.07) is 17.0. The van der Waals surface area contributed by atoms with Gasteiger partial charge in [-0.3, -0.25) is 19.6 Å². The molecule has 0 spiro atoms. The quantitative estimate of drug-likeness (QED) is 0.184. The molecule has 0 unspecified atom stereocenters. The summed E-state index contributed by atoms with van der Waals surface area (Å²) in [5.74, 6) is 0.939. The maximum atomic E-state index is 12.3. The molecule has 0 aliphatic carbocycles. The normalized spacial score (nSPS) is 18.5. The van der Waals surface area contributed by atoms with Crippen LogP contribution in [0.3, 0.4) is 0 Å². The number of rotatable bonds is 13. The van der Waals surface area contributed by atoms with E-state index in [0.29, 0.717) is 25.6 Å². The van der Waals surface area contributed by atoms with Crippen molar-refractivity contribution in [3.63, 3.8) is 0 Å². The van der Waals surface area contributed by atoms with E-state index in [-0.39, 0.29) is 5.91 Å². The number of nitrogens with one attached hydrogen (secondary N) is 3. The molecular formula is C34H43N7O3. The van der Waals surface area contributed by atoms with Crippen molar-refractivity contribution in [3.8, 4) is 22.4 Å². The highest BCUT2D eigenvalue weighted by molar-refractivity contribution is 5.87. The molecule has 2 aromatic carbocycles. The average Bonchev–Trinajstić information content (AvgIpc) is 3.68. The number of likely N-dealkylation sites (tertiary alicyclic amines) is 2. The van der Waals surface area contributed by atoms with Crippen molar-refractivity contribution in [2.24, 2.45) is 4.99 Å². The topological polar surface area (TPSA) is 115 Å². The number of nitrogens with zero attached hydrogens (tertiary/aromatic N) is 4. The monoisotopic (exact) mass is 597 g/mol. The van der Waals surface area contributed by atoms with E-state index in [1.54, 1.807) is 6.20 Å². The second kappa shape index (κ2) is 14.8. The van der Waals surface area contributed by atoms with E-state index in [0.717, 1.165) is 78.2 Å². The van der Waals surface area contributed by atoms with Crippen LogP contribution in [-0.4, -0.2) is 84.9 Å². The zero-order valence-electron chi connectivity index (χ0n) is 25.7. The first kappa shape index (κ1) is 31.0. The largest absolute Gasteiger partial charge is 0.453 e. The van der Waals surface area contributed by atoms with Gasteiger partial charge < -0.3 is 20.4 Å². The van der Waals surface area contributed by atoms with Crippen LogP contribution in [0.2, 0.25) is 0 Å². The molecule has 5 rings (SSSR count). The molecule has 2 aliphatic heterocycles. The predicted molar refractivity (Wildman–Crippen MR) is 174 cm³/mol. The van der Waals surface area contributed by atoms with Gasteiger partial charge in [0.2, 0.25) is 5.91 Å². The minimum Gasteiger partial charge on any atom is -0.453 e. The van der Waals surface area contributed by atoms with Crippen LogP contribution in [-0.2, 0) is 9.53 Å². The Balaban J connectivity index is 1.06. The molecule has 3 N–H and O–H groups in total. The van der Waals surface area contributed by atoms with Crippen molar-refractivity contribution in [3.05, 3.63) is 72.3 Å². The number of aromatic amines is 1. The van der Waals surface area contributed by atoms with Gasteiger partial charge in [-0.05, 0) is 81.1 Å². The van der Waals surface area contributed by atoms with Crippen molar-refractivity contribution in [2.75, 3.05) is 40.3 Å². The van der Waals surface area contributed by atoms with Crippen molar-refractivity contribution in [1.29, 1.82) is 0 Å².